The van der Waals surface area contributed by atoms with Crippen molar-refractivity contribution in [2.24, 2.45) is 0 Å². The van der Waals surface area contributed by atoms with E-state index in [1.54, 1.807) is 0 Å². The predicted octanol–water partition coefficient (Wildman–Crippen LogP) is 1.71. The maximum absolute atomic E-state index is 6.03. The maximum atomic E-state index is 6.03. The lowest BCUT2D eigenvalue weighted by Gasteiger charge is -2.41. The van der Waals surface area contributed by atoms with Gasteiger partial charge in [-0.2, -0.15) is 0 Å². The average Bonchev–Trinajstić information content (AvgIpc) is 2.70. The molecule has 0 radical (unpaired) electrons. The van der Waals surface area contributed by atoms with Crippen molar-refractivity contribution in [3.05, 3.63) is 0 Å². The summed E-state index contributed by atoms with van der Waals surface area (Å²) in [7, 11) is 0. The maximum Gasteiger partial charge on any atom is 0.0829 e. The molecule has 3 aliphatic rings. The van der Waals surface area contributed by atoms with E-state index in [9.17, 15) is 0 Å². The van der Waals surface area contributed by atoms with Crippen LogP contribution in [0, 0.1) is 0 Å². The van der Waals surface area contributed by atoms with Crippen molar-refractivity contribution in [3.63, 3.8) is 0 Å². The van der Waals surface area contributed by atoms with Gasteiger partial charge in [0.1, 0.15) is 0 Å². The first-order valence-electron chi connectivity index (χ1n) is 9.11. The van der Waals surface area contributed by atoms with Crippen LogP contribution in [0.3, 0.4) is 0 Å². The molecule has 3 rings (SSSR count). The Morgan fingerprint density at radius 3 is 2.76 bits per heavy atom. The fourth-order valence-electron chi connectivity index (χ4n) is 4.40. The van der Waals surface area contributed by atoms with Gasteiger partial charge in [-0.1, -0.05) is 26.2 Å². The zero-order valence-electron chi connectivity index (χ0n) is 13.8. The lowest BCUT2D eigenvalue weighted by atomic mass is 9.81. The van der Waals surface area contributed by atoms with Crippen LogP contribution in [0.2, 0.25) is 0 Å². The van der Waals surface area contributed by atoms with E-state index in [1.165, 1.54) is 58.2 Å². The van der Waals surface area contributed by atoms with Gasteiger partial charge in [-0.3, -0.25) is 9.80 Å². The largest absolute Gasteiger partial charge is 0.374 e. The summed E-state index contributed by atoms with van der Waals surface area (Å²) < 4.78 is 6.03. The highest BCUT2D eigenvalue weighted by atomic mass is 16.5. The molecule has 4 nitrogen and oxygen atoms in total. The monoisotopic (exact) mass is 295 g/mol. The molecule has 1 spiro atoms. The van der Waals surface area contributed by atoms with Crippen LogP contribution in [0.1, 0.15) is 45.4 Å². The summed E-state index contributed by atoms with van der Waals surface area (Å²) in [5.74, 6) is 0. The molecule has 0 aromatic heterocycles. The number of hydrogen-bond acceptors (Lipinski definition) is 4. The second-order valence-corrected chi connectivity index (χ2v) is 7.24. The van der Waals surface area contributed by atoms with E-state index in [2.05, 4.69) is 22.0 Å². The van der Waals surface area contributed by atoms with E-state index in [0.717, 1.165) is 32.8 Å². The highest BCUT2D eigenvalue weighted by molar-refractivity contribution is 4.95. The smallest absolute Gasteiger partial charge is 0.0829 e. The van der Waals surface area contributed by atoms with Crippen LogP contribution < -0.4 is 5.32 Å². The van der Waals surface area contributed by atoms with Gasteiger partial charge in [-0.15, -0.1) is 0 Å². The van der Waals surface area contributed by atoms with Crippen molar-refractivity contribution in [1.29, 1.82) is 0 Å². The second kappa shape index (κ2) is 7.40. The van der Waals surface area contributed by atoms with E-state index in [0.29, 0.717) is 11.6 Å². The zero-order valence-corrected chi connectivity index (χ0v) is 13.8. The molecule has 3 fully saturated rings. The Morgan fingerprint density at radius 2 is 1.95 bits per heavy atom. The third-order valence-corrected chi connectivity index (χ3v) is 5.62. The molecule has 1 N–H and O–H groups in total. The van der Waals surface area contributed by atoms with Crippen LogP contribution >= 0.6 is 0 Å². The summed E-state index contributed by atoms with van der Waals surface area (Å²) in [6, 6.07) is 0. The first kappa shape index (κ1) is 15.7. The Bertz CT molecular complexity index is 317. The summed E-state index contributed by atoms with van der Waals surface area (Å²) in [5.41, 5.74) is 0.411. The summed E-state index contributed by atoms with van der Waals surface area (Å²) in [5, 5.41) is 3.89. The molecule has 1 unspecified atom stereocenters. The van der Waals surface area contributed by atoms with Crippen molar-refractivity contribution in [2.45, 2.75) is 57.1 Å². The molecule has 4 heteroatoms. The topological polar surface area (TPSA) is 27.7 Å². The molecule has 0 amide bonds. The molecule has 21 heavy (non-hydrogen) atoms. The van der Waals surface area contributed by atoms with Gasteiger partial charge >= 0.3 is 0 Å². The number of nitrogens with zero attached hydrogens (tertiary/aromatic N) is 2. The molecule has 122 valence electrons. The quantitative estimate of drug-likeness (QED) is 0.858. The predicted molar refractivity (Wildman–Crippen MR) is 86.7 cm³/mol. The van der Waals surface area contributed by atoms with Crippen LogP contribution in [-0.4, -0.2) is 73.9 Å². The lowest BCUT2D eigenvalue weighted by molar-refractivity contribution is -0.0441. The van der Waals surface area contributed by atoms with Gasteiger partial charge < -0.3 is 10.1 Å². The standard InChI is InChI=1S/C17H33N3O/c1-2-19-11-12-21-16(13-19)14-20-10-6-9-18-17(15-20)7-4-3-5-8-17/h16,18H,2-15H2,1H3. The van der Waals surface area contributed by atoms with Crippen molar-refractivity contribution in [2.75, 3.05) is 52.4 Å². The molecular weight excluding hydrogens is 262 g/mol. The number of rotatable bonds is 3. The number of hydrogen-bond donors (Lipinski definition) is 1. The zero-order chi connectivity index (χ0) is 14.5. The number of ether oxygens (including phenoxy) is 1. The van der Waals surface area contributed by atoms with Gasteiger partial charge in [0.2, 0.25) is 0 Å². The minimum atomic E-state index is 0.411. The number of likely N-dealkylation sites (N-methyl/N-ethyl adjacent to an activating group) is 1. The first-order chi connectivity index (χ1) is 10.3. The highest BCUT2D eigenvalue weighted by Crippen LogP contribution is 2.30. The van der Waals surface area contributed by atoms with Gasteiger partial charge in [0.15, 0.2) is 0 Å². The van der Waals surface area contributed by atoms with Crippen molar-refractivity contribution < 1.29 is 4.74 Å². The SMILES string of the molecule is CCN1CCOC(CN2CCCNC3(CCCCC3)C2)C1. The normalized spacial score (nSPS) is 32.1. The first-order valence-corrected chi connectivity index (χ1v) is 9.11. The van der Waals surface area contributed by atoms with Gasteiger partial charge in [-0.05, 0) is 38.9 Å². The third kappa shape index (κ3) is 4.19. The number of morpholine rings is 1. The summed E-state index contributed by atoms with van der Waals surface area (Å²) >= 11 is 0. The minimum Gasteiger partial charge on any atom is -0.374 e. The average molecular weight is 295 g/mol. The third-order valence-electron chi connectivity index (χ3n) is 5.62. The van der Waals surface area contributed by atoms with E-state index < -0.39 is 0 Å². The van der Waals surface area contributed by atoms with E-state index >= 15 is 0 Å². The van der Waals surface area contributed by atoms with Crippen molar-refractivity contribution in [3.8, 4) is 0 Å². The van der Waals surface area contributed by atoms with Crippen LogP contribution in [0.4, 0.5) is 0 Å². The Morgan fingerprint density at radius 1 is 1.10 bits per heavy atom. The van der Waals surface area contributed by atoms with Gasteiger partial charge in [0, 0.05) is 31.7 Å². The van der Waals surface area contributed by atoms with Gasteiger partial charge in [0.25, 0.3) is 0 Å². The molecule has 0 aromatic carbocycles. The Hall–Kier alpha value is -0.160. The molecule has 2 saturated heterocycles. The molecule has 2 heterocycles. The van der Waals surface area contributed by atoms with Crippen LogP contribution in [0.5, 0.6) is 0 Å². The molecule has 1 saturated carbocycles. The molecular formula is C17H33N3O. The summed E-state index contributed by atoms with van der Waals surface area (Å²) in [4.78, 5) is 5.22. The van der Waals surface area contributed by atoms with E-state index in [4.69, 9.17) is 4.74 Å². The summed E-state index contributed by atoms with van der Waals surface area (Å²) in [6.07, 6.45) is 8.69. The molecule has 1 atom stereocenters. The van der Waals surface area contributed by atoms with E-state index in [-0.39, 0.29) is 0 Å². The van der Waals surface area contributed by atoms with Crippen molar-refractivity contribution >= 4 is 0 Å². The molecule has 0 bridgehead atoms. The lowest BCUT2D eigenvalue weighted by Crippen LogP contribution is -2.54. The van der Waals surface area contributed by atoms with Gasteiger partial charge in [-0.25, -0.2) is 0 Å². The number of nitrogens with one attached hydrogen (secondary N) is 1. The Kier molecular flexibility index (Phi) is 5.54. The second-order valence-electron chi connectivity index (χ2n) is 7.24. The van der Waals surface area contributed by atoms with Crippen molar-refractivity contribution in [1.82, 2.24) is 15.1 Å². The summed E-state index contributed by atoms with van der Waals surface area (Å²) in [6.45, 7) is 11.4. The van der Waals surface area contributed by atoms with Gasteiger partial charge in [0.05, 0.1) is 12.7 Å². The molecule has 2 aliphatic heterocycles. The fraction of sp³-hybridized carbons (Fsp3) is 1.00. The fourth-order valence-corrected chi connectivity index (χ4v) is 4.40. The van der Waals surface area contributed by atoms with Crippen LogP contribution in [0.15, 0.2) is 0 Å². The highest BCUT2D eigenvalue weighted by Gasteiger charge is 2.35. The Labute approximate surface area is 130 Å². The van der Waals surface area contributed by atoms with Crippen LogP contribution in [0.25, 0.3) is 0 Å². The Balaban J connectivity index is 1.56. The minimum absolute atomic E-state index is 0.411. The molecule has 1 aliphatic carbocycles. The van der Waals surface area contributed by atoms with Crippen LogP contribution in [-0.2, 0) is 4.74 Å². The molecule has 0 aromatic rings. The van der Waals surface area contributed by atoms with E-state index in [1.807, 2.05) is 0 Å².